The van der Waals surface area contributed by atoms with Crippen LogP contribution in [0.15, 0.2) is 46.3 Å². The zero-order chi connectivity index (χ0) is 19.3. The largest absolute Gasteiger partial charge is 0.340 e. The molecule has 0 spiro atoms. The second-order valence-electron chi connectivity index (χ2n) is 6.77. The number of carbonyl (C=O) groups excluding carboxylic acids is 1. The van der Waals surface area contributed by atoms with Gasteiger partial charge in [-0.05, 0) is 29.1 Å². The minimum Gasteiger partial charge on any atom is -0.340 e. The smallest absolute Gasteiger partial charge is 0.227 e. The van der Waals surface area contributed by atoms with Crippen molar-refractivity contribution < 1.29 is 9.32 Å². The summed E-state index contributed by atoms with van der Waals surface area (Å²) in [5.41, 5.74) is 1.24. The fourth-order valence-corrected chi connectivity index (χ4v) is 4.01. The first-order chi connectivity index (χ1) is 13.7. The van der Waals surface area contributed by atoms with Crippen molar-refractivity contribution in [3.05, 3.63) is 58.3 Å². The number of amides is 1. The summed E-state index contributed by atoms with van der Waals surface area (Å²) in [7, 11) is 0. The second kappa shape index (κ2) is 8.86. The summed E-state index contributed by atoms with van der Waals surface area (Å²) in [6, 6.07) is 11.8. The SMILES string of the molecule is O=C(CCc1nc(-c2cccs2)no1)N1CCN(Cc2ccc(Cl)cc2)CC1. The standard InChI is InChI=1S/C20H21ClN4O2S/c21-16-5-3-15(4-6-16)14-24-9-11-25(12-10-24)19(26)8-7-18-22-20(23-27-18)17-2-1-13-28-17/h1-6,13H,7-12,14H2. The number of carbonyl (C=O) groups is 1. The number of aryl methyl sites for hydroxylation is 1. The van der Waals surface area contributed by atoms with Gasteiger partial charge in [0.2, 0.25) is 17.6 Å². The molecule has 1 saturated heterocycles. The van der Waals surface area contributed by atoms with Crippen LogP contribution in [0.2, 0.25) is 5.02 Å². The summed E-state index contributed by atoms with van der Waals surface area (Å²) < 4.78 is 5.28. The highest BCUT2D eigenvalue weighted by Gasteiger charge is 2.21. The van der Waals surface area contributed by atoms with E-state index in [9.17, 15) is 4.79 Å². The molecule has 0 bridgehead atoms. The van der Waals surface area contributed by atoms with Crippen molar-refractivity contribution in [3.8, 4) is 10.7 Å². The number of benzene rings is 1. The summed E-state index contributed by atoms with van der Waals surface area (Å²) in [5, 5.41) is 6.72. The van der Waals surface area contributed by atoms with E-state index in [0.717, 1.165) is 42.6 Å². The van der Waals surface area contributed by atoms with E-state index in [-0.39, 0.29) is 5.91 Å². The fraction of sp³-hybridized carbons (Fsp3) is 0.350. The molecule has 28 heavy (non-hydrogen) atoms. The Balaban J connectivity index is 1.22. The Kier molecular flexibility index (Phi) is 6.04. The number of halogens is 1. The molecule has 8 heteroatoms. The van der Waals surface area contributed by atoms with Crippen LogP contribution in [0.5, 0.6) is 0 Å². The van der Waals surface area contributed by atoms with E-state index in [1.165, 1.54) is 5.56 Å². The van der Waals surface area contributed by atoms with Gasteiger partial charge >= 0.3 is 0 Å². The molecular weight excluding hydrogens is 396 g/mol. The lowest BCUT2D eigenvalue weighted by Crippen LogP contribution is -2.48. The number of hydrogen-bond donors (Lipinski definition) is 0. The Morgan fingerprint density at radius 3 is 2.64 bits per heavy atom. The van der Waals surface area contributed by atoms with Gasteiger partial charge in [0.1, 0.15) is 0 Å². The number of thiophene rings is 1. The van der Waals surface area contributed by atoms with Gasteiger partial charge in [-0.2, -0.15) is 4.98 Å². The molecule has 0 unspecified atom stereocenters. The summed E-state index contributed by atoms with van der Waals surface area (Å²) in [5.74, 6) is 1.24. The van der Waals surface area contributed by atoms with E-state index in [4.69, 9.17) is 16.1 Å². The third-order valence-corrected chi connectivity index (χ3v) is 5.92. The van der Waals surface area contributed by atoms with Crippen LogP contribution in [-0.2, 0) is 17.8 Å². The molecule has 2 aromatic heterocycles. The summed E-state index contributed by atoms with van der Waals surface area (Å²) in [4.78, 5) is 22.1. The van der Waals surface area contributed by atoms with Crippen LogP contribution < -0.4 is 0 Å². The van der Waals surface area contributed by atoms with E-state index in [1.54, 1.807) is 11.3 Å². The predicted octanol–water partition coefficient (Wildman–Crippen LogP) is 3.73. The third kappa shape index (κ3) is 4.79. The Labute approximate surface area is 172 Å². The van der Waals surface area contributed by atoms with Crippen molar-refractivity contribution in [2.45, 2.75) is 19.4 Å². The Bertz CT molecular complexity index is 903. The van der Waals surface area contributed by atoms with Crippen LogP contribution in [0.1, 0.15) is 17.9 Å². The zero-order valence-corrected chi connectivity index (χ0v) is 17.0. The molecule has 0 aliphatic carbocycles. The van der Waals surface area contributed by atoms with Crippen molar-refractivity contribution in [1.29, 1.82) is 0 Å². The molecular formula is C20H21ClN4O2S. The first-order valence-electron chi connectivity index (χ1n) is 9.28. The van der Waals surface area contributed by atoms with Crippen molar-refractivity contribution in [2.75, 3.05) is 26.2 Å². The van der Waals surface area contributed by atoms with Crippen LogP contribution >= 0.6 is 22.9 Å². The third-order valence-electron chi connectivity index (χ3n) is 4.81. The summed E-state index contributed by atoms with van der Waals surface area (Å²) >= 11 is 7.50. The average molecular weight is 417 g/mol. The molecule has 1 amide bonds. The van der Waals surface area contributed by atoms with Crippen LogP contribution in [0.3, 0.4) is 0 Å². The molecule has 1 aliphatic heterocycles. The van der Waals surface area contributed by atoms with Crippen molar-refractivity contribution in [3.63, 3.8) is 0 Å². The first-order valence-corrected chi connectivity index (χ1v) is 10.5. The van der Waals surface area contributed by atoms with Gasteiger partial charge < -0.3 is 9.42 Å². The molecule has 1 fully saturated rings. The molecule has 0 N–H and O–H groups in total. The summed E-state index contributed by atoms with van der Waals surface area (Å²) in [6.07, 6.45) is 0.867. The maximum atomic E-state index is 12.5. The van der Waals surface area contributed by atoms with Crippen LogP contribution in [0.4, 0.5) is 0 Å². The molecule has 0 radical (unpaired) electrons. The lowest BCUT2D eigenvalue weighted by atomic mass is 10.2. The molecule has 0 atom stereocenters. The average Bonchev–Trinajstić information content (AvgIpc) is 3.40. The maximum absolute atomic E-state index is 12.5. The Morgan fingerprint density at radius 1 is 1.14 bits per heavy atom. The normalized spacial score (nSPS) is 15.1. The van der Waals surface area contributed by atoms with Gasteiger partial charge in [0.25, 0.3) is 0 Å². The van der Waals surface area contributed by atoms with Crippen molar-refractivity contribution in [2.24, 2.45) is 0 Å². The quantitative estimate of drug-likeness (QED) is 0.612. The van der Waals surface area contributed by atoms with Gasteiger partial charge in [0.15, 0.2) is 0 Å². The number of hydrogen-bond acceptors (Lipinski definition) is 6. The van der Waals surface area contributed by atoms with Gasteiger partial charge in [0, 0.05) is 50.6 Å². The number of rotatable bonds is 6. The number of nitrogens with zero attached hydrogens (tertiary/aromatic N) is 4. The number of piperazine rings is 1. The minimum atomic E-state index is 0.141. The number of aromatic nitrogens is 2. The van der Waals surface area contributed by atoms with E-state index in [2.05, 4.69) is 27.2 Å². The molecule has 4 rings (SSSR count). The highest BCUT2D eigenvalue weighted by atomic mass is 35.5. The summed E-state index contributed by atoms with van der Waals surface area (Å²) in [6.45, 7) is 4.12. The molecule has 3 heterocycles. The lowest BCUT2D eigenvalue weighted by Gasteiger charge is -2.34. The Morgan fingerprint density at radius 2 is 1.93 bits per heavy atom. The van der Waals surface area contributed by atoms with Crippen LogP contribution in [-0.4, -0.2) is 52.0 Å². The van der Waals surface area contributed by atoms with Crippen molar-refractivity contribution >= 4 is 28.8 Å². The van der Waals surface area contributed by atoms with E-state index in [1.807, 2.05) is 34.5 Å². The first kappa shape index (κ1) is 19.1. The monoisotopic (exact) mass is 416 g/mol. The Hall–Kier alpha value is -2.22. The zero-order valence-electron chi connectivity index (χ0n) is 15.4. The molecule has 146 valence electrons. The molecule has 6 nitrogen and oxygen atoms in total. The second-order valence-corrected chi connectivity index (χ2v) is 8.16. The topological polar surface area (TPSA) is 62.5 Å². The van der Waals surface area contributed by atoms with Crippen LogP contribution in [0.25, 0.3) is 10.7 Å². The van der Waals surface area contributed by atoms with Crippen LogP contribution in [0, 0.1) is 0 Å². The predicted molar refractivity (Wildman–Crippen MR) is 109 cm³/mol. The van der Waals surface area contributed by atoms with Gasteiger partial charge in [-0.3, -0.25) is 9.69 Å². The molecule has 3 aromatic rings. The lowest BCUT2D eigenvalue weighted by molar-refractivity contribution is -0.133. The van der Waals surface area contributed by atoms with Gasteiger partial charge in [-0.25, -0.2) is 0 Å². The van der Waals surface area contributed by atoms with Crippen molar-refractivity contribution in [1.82, 2.24) is 19.9 Å². The van der Waals surface area contributed by atoms with Gasteiger partial charge in [0.05, 0.1) is 4.88 Å². The molecule has 1 aliphatic rings. The highest BCUT2D eigenvalue weighted by molar-refractivity contribution is 7.13. The van der Waals surface area contributed by atoms with Gasteiger partial charge in [-0.1, -0.05) is 35.0 Å². The van der Waals surface area contributed by atoms with E-state index >= 15 is 0 Å². The fourth-order valence-electron chi connectivity index (χ4n) is 3.24. The van der Waals surface area contributed by atoms with Gasteiger partial charge in [-0.15, -0.1) is 11.3 Å². The van der Waals surface area contributed by atoms with E-state index in [0.29, 0.717) is 24.6 Å². The highest BCUT2D eigenvalue weighted by Crippen LogP contribution is 2.21. The molecule has 0 saturated carbocycles. The molecule has 1 aromatic carbocycles. The maximum Gasteiger partial charge on any atom is 0.227 e. The minimum absolute atomic E-state index is 0.141. The van der Waals surface area contributed by atoms with E-state index < -0.39 is 0 Å².